The first-order valence-corrected chi connectivity index (χ1v) is 11.1. The van der Waals surface area contributed by atoms with E-state index in [9.17, 15) is 26.0 Å². The van der Waals surface area contributed by atoms with Crippen LogP contribution < -0.4 is 10.5 Å². The van der Waals surface area contributed by atoms with Crippen molar-refractivity contribution in [3.63, 3.8) is 0 Å². The fraction of sp³-hybridized carbons (Fsp3) is 0.190. The number of nitrogens with one attached hydrogen (secondary N) is 1. The van der Waals surface area contributed by atoms with E-state index in [2.05, 4.69) is 14.7 Å². The summed E-state index contributed by atoms with van der Waals surface area (Å²) in [5, 5.41) is 16.3. The summed E-state index contributed by atoms with van der Waals surface area (Å²) in [6.07, 6.45) is -2.25. The predicted octanol–water partition coefficient (Wildman–Crippen LogP) is 2.82. The first-order chi connectivity index (χ1) is 16.3. The van der Waals surface area contributed by atoms with E-state index in [1.807, 2.05) is 0 Å². The van der Waals surface area contributed by atoms with E-state index < -0.39 is 34.0 Å². The van der Waals surface area contributed by atoms with Crippen LogP contribution in [0.15, 0.2) is 59.8 Å². The lowest BCUT2D eigenvalue weighted by Gasteiger charge is -2.15. The molecule has 188 valence electrons. The molecule has 2 aromatic carbocycles. The van der Waals surface area contributed by atoms with Gasteiger partial charge < -0.3 is 15.9 Å². The molecule has 1 atom stereocenters. The second-order valence-electron chi connectivity index (χ2n) is 7.03. The molecule has 9 nitrogen and oxygen atoms in total. The average Bonchev–Trinajstić information content (AvgIpc) is 2.79. The normalized spacial score (nSPS) is 12.4. The minimum atomic E-state index is -5.08. The Labute approximate surface area is 197 Å². The van der Waals surface area contributed by atoms with Crippen molar-refractivity contribution < 1.29 is 41.0 Å². The zero-order chi connectivity index (χ0) is 26.4. The number of aliphatic carboxylic acids is 1. The monoisotopic (exact) mass is 516 g/mol. The summed E-state index contributed by atoms with van der Waals surface area (Å²) >= 11 is 0. The van der Waals surface area contributed by atoms with Crippen LogP contribution in [-0.2, 0) is 14.8 Å². The van der Waals surface area contributed by atoms with Gasteiger partial charge in [0.25, 0.3) is 0 Å². The number of alkyl halides is 3. The van der Waals surface area contributed by atoms with Crippen LogP contribution in [-0.4, -0.2) is 53.4 Å². The van der Waals surface area contributed by atoms with Crippen LogP contribution in [0, 0.1) is 5.82 Å². The molecule has 1 heterocycles. The van der Waals surface area contributed by atoms with Crippen molar-refractivity contribution in [2.75, 3.05) is 12.3 Å². The highest BCUT2D eigenvalue weighted by atomic mass is 32.2. The van der Waals surface area contributed by atoms with Gasteiger partial charge in [0.05, 0.1) is 11.5 Å². The van der Waals surface area contributed by atoms with Crippen molar-refractivity contribution in [3.8, 4) is 22.3 Å². The molecule has 35 heavy (non-hydrogen) atoms. The Morgan fingerprint density at radius 3 is 2.17 bits per heavy atom. The summed E-state index contributed by atoms with van der Waals surface area (Å²) in [5.41, 5.74) is 6.93. The molecular weight excluding hydrogens is 496 g/mol. The smallest absolute Gasteiger partial charge is 0.475 e. The van der Waals surface area contributed by atoms with Crippen LogP contribution in [0.5, 0.6) is 0 Å². The Balaban J connectivity index is 0.000000540. The van der Waals surface area contributed by atoms with Gasteiger partial charge in [0.15, 0.2) is 0 Å². The van der Waals surface area contributed by atoms with Crippen LogP contribution in [0.3, 0.4) is 0 Å². The maximum absolute atomic E-state index is 14.7. The molecule has 0 aliphatic heterocycles. The lowest BCUT2D eigenvalue weighted by Crippen LogP contribution is -2.35. The fourth-order valence-corrected chi connectivity index (χ4v) is 4.16. The third-order valence-corrected chi connectivity index (χ3v) is 5.96. The summed E-state index contributed by atoms with van der Waals surface area (Å²) < 4.78 is 74.2. The molecular formula is C21H20F4N4O5S. The number of nitrogen functional groups attached to an aromatic ring is 1. The van der Waals surface area contributed by atoms with E-state index in [1.54, 1.807) is 31.2 Å². The Kier molecular flexibility index (Phi) is 8.84. The van der Waals surface area contributed by atoms with Gasteiger partial charge in [-0.05, 0) is 24.6 Å². The van der Waals surface area contributed by atoms with Crippen molar-refractivity contribution in [1.82, 2.24) is 14.7 Å². The number of carbonyl (C=O) groups is 1. The number of nitrogens with two attached hydrogens (primary N) is 1. The van der Waals surface area contributed by atoms with E-state index in [0.29, 0.717) is 16.7 Å². The molecule has 0 saturated heterocycles. The Hall–Kier alpha value is -3.62. The quantitative estimate of drug-likeness (QED) is 0.365. The Morgan fingerprint density at radius 2 is 1.66 bits per heavy atom. The second-order valence-corrected chi connectivity index (χ2v) is 8.71. The number of hydrogen-bond acceptors (Lipinski definition) is 7. The maximum atomic E-state index is 14.7. The van der Waals surface area contributed by atoms with Crippen molar-refractivity contribution in [2.24, 2.45) is 0 Å². The number of carboxylic acid groups (broad SMARTS) is 1. The molecule has 3 rings (SSSR count). The predicted molar refractivity (Wildman–Crippen MR) is 118 cm³/mol. The van der Waals surface area contributed by atoms with Crippen LogP contribution in [0.1, 0.15) is 6.92 Å². The molecule has 0 aliphatic rings. The molecule has 0 aliphatic carbocycles. The molecule has 0 radical (unpaired) electrons. The summed E-state index contributed by atoms with van der Waals surface area (Å²) in [5.74, 6) is -3.22. The second kappa shape index (κ2) is 11.2. The highest BCUT2D eigenvalue weighted by molar-refractivity contribution is 7.89. The number of halogens is 4. The van der Waals surface area contributed by atoms with E-state index in [4.69, 9.17) is 20.7 Å². The fourth-order valence-electron chi connectivity index (χ4n) is 2.70. The molecule has 0 saturated carbocycles. The molecule has 0 amide bonds. The van der Waals surface area contributed by atoms with Gasteiger partial charge in [-0.25, -0.2) is 32.3 Å². The number of anilines is 1. The third-order valence-electron chi connectivity index (χ3n) is 4.31. The first-order valence-electron chi connectivity index (χ1n) is 9.66. The van der Waals surface area contributed by atoms with Crippen LogP contribution in [0.25, 0.3) is 22.3 Å². The van der Waals surface area contributed by atoms with Gasteiger partial charge in [-0.2, -0.15) is 13.2 Å². The minimum Gasteiger partial charge on any atom is -0.475 e. The number of carboxylic acids is 1. The van der Waals surface area contributed by atoms with E-state index in [-0.39, 0.29) is 23.0 Å². The molecule has 1 aromatic heterocycles. The summed E-state index contributed by atoms with van der Waals surface area (Å²) in [6.45, 7) is 1.21. The van der Waals surface area contributed by atoms with Gasteiger partial charge in [-0.1, -0.05) is 30.3 Å². The van der Waals surface area contributed by atoms with Crippen molar-refractivity contribution in [2.45, 2.75) is 24.0 Å². The summed E-state index contributed by atoms with van der Waals surface area (Å²) in [4.78, 5) is 16.6. The van der Waals surface area contributed by atoms with Gasteiger partial charge in [0.1, 0.15) is 5.82 Å². The number of sulfonamides is 1. The minimum absolute atomic E-state index is 0.00160. The highest BCUT2D eigenvalue weighted by Gasteiger charge is 2.38. The van der Waals surface area contributed by atoms with Crippen LogP contribution in [0.4, 0.5) is 23.5 Å². The number of rotatable bonds is 6. The standard InChI is InChI=1S/C19H19FN4O3S.C2HF3O2/c1-12(11-25)24-28(26,27)18-5-3-2-4-16(18)13-6-7-15(17(20)8-13)14-9-22-19(21)23-10-14;3-2(4,5)1(6)7/h2-10,12,24-25H,11H2,1H3,(H2,21,22,23);(H,6,7). The molecule has 0 bridgehead atoms. The molecule has 1 unspecified atom stereocenters. The van der Waals surface area contributed by atoms with Crippen LogP contribution in [0.2, 0.25) is 0 Å². The number of nitrogens with zero attached hydrogens (tertiary/aromatic N) is 2. The lowest BCUT2D eigenvalue weighted by atomic mass is 10.0. The van der Waals surface area contributed by atoms with E-state index in [0.717, 1.165) is 0 Å². The molecule has 5 N–H and O–H groups in total. The van der Waals surface area contributed by atoms with Gasteiger partial charge in [-0.3, -0.25) is 0 Å². The van der Waals surface area contributed by atoms with Gasteiger partial charge in [-0.15, -0.1) is 0 Å². The van der Waals surface area contributed by atoms with Crippen molar-refractivity contribution in [3.05, 3.63) is 60.7 Å². The number of aliphatic hydroxyl groups excluding tert-OH is 1. The Morgan fingerprint density at radius 1 is 1.09 bits per heavy atom. The maximum Gasteiger partial charge on any atom is 0.490 e. The van der Waals surface area contributed by atoms with E-state index in [1.165, 1.54) is 30.6 Å². The molecule has 0 spiro atoms. The van der Waals surface area contributed by atoms with Crippen LogP contribution >= 0.6 is 0 Å². The number of hydrogen-bond donors (Lipinski definition) is 4. The number of aromatic nitrogens is 2. The number of aliphatic hydroxyl groups is 1. The van der Waals surface area contributed by atoms with Crippen molar-refractivity contribution >= 4 is 21.9 Å². The lowest BCUT2D eigenvalue weighted by molar-refractivity contribution is -0.192. The zero-order valence-corrected chi connectivity index (χ0v) is 18.8. The summed E-state index contributed by atoms with van der Waals surface area (Å²) in [6, 6.07) is 10.0. The highest BCUT2D eigenvalue weighted by Crippen LogP contribution is 2.31. The number of benzene rings is 2. The largest absolute Gasteiger partial charge is 0.490 e. The van der Waals surface area contributed by atoms with E-state index >= 15 is 0 Å². The third kappa shape index (κ3) is 7.43. The van der Waals surface area contributed by atoms with Gasteiger partial charge in [0, 0.05) is 35.1 Å². The van der Waals surface area contributed by atoms with Gasteiger partial charge >= 0.3 is 12.1 Å². The molecule has 0 fully saturated rings. The SMILES string of the molecule is CC(CO)NS(=O)(=O)c1ccccc1-c1ccc(-c2cnc(N)nc2)c(F)c1.O=C(O)C(F)(F)F. The average molecular weight is 516 g/mol. The topological polar surface area (TPSA) is 156 Å². The van der Waals surface area contributed by atoms with Crippen molar-refractivity contribution in [1.29, 1.82) is 0 Å². The molecule has 3 aromatic rings. The Bertz CT molecular complexity index is 1290. The molecule has 14 heteroatoms. The first kappa shape index (κ1) is 27.6. The summed E-state index contributed by atoms with van der Waals surface area (Å²) in [7, 11) is -3.90. The zero-order valence-electron chi connectivity index (χ0n) is 18.0. The van der Waals surface area contributed by atoms with Gasteiger partial charge in [0.2, 0.25) is 16.0 Å².